The smallest absolute Gasteiger partial charge is 0.338 e. The Morgan fingerprint density at radius 3 is 2.38 bits per heavy atom. The Morgan fingerprint density at radius 2 is 1.81 bits per heavy atom. The lowest BCUT2D eigenvalue weighted by Crippen LogP contribution is -2.44. The number of piperidine rings is 1. The fourth-order valence-corrected chi connectivity index (χ4v) is 4.11. The van der Waals surface area contributed by atoms with E-state index in [4.69, 9.17) is 4.74 Å². The summed E-state index contributed by atoms with van der Waals surface area (Å²) >= 11 is 0. The quantitative estimate of drug-likeness (QED) is 0.722. The third-order valence-electron chi connectivity index (χ3n) is 4.40. The van der Waals surface area contributed by atoms with Crippen molar-refractivity contribution in [2.24, 2.45) is 11.8 Å². The van der Waals surface area contributed by atoms with Crippen LogP contribution in [0.2, 0.25) is 0 Å². The molecule has 1 heterocycles. The van der Waals surface area contributed by atoms with Gasteiger partial charge in [-0.15, -0.1) is 0 Å². The number of nitrogens with zero attached hydrogens (tertiary/aromatic N) is 2. The van der Waals surface area contributed by atoms with Gasteiger partial charge in [-0.25, -0.2) is 17.5 Å². The highest BCUT2D eigenvalue weighted by Gasteiger charge is 2.26. The third-order valence-corrected chi connectivity index (χ3v) is 6.21. The third kappa shape index (κ3) is 4.82. The van der Waals surface area contributed by atoms with Crippen LogP contribution in [0, 0.1) is 11.8 Å². The standard InChI is InChI=1S/C18H26N2O5S/c1-13-8-14(2)11-20(10-13)17(21)12-25-18(22)15-6-5-7-16(9-15)26(23,24)19(3)4/h5-7,9,13-14H,8,10-12H2,1-4H3/t13-,14+. The number of esters is 1. The van der Waals surface area contributed by atoms with E-state index in [1.54, 1.807) is 4.90 Å². The van der Waals surface area contributed by atoms with Gasteiger partial charge < -0.3 is 9.64 Å². The minimum Gasteiger partial charge on any atom is -0.452 e. The van der Waals surface area contributed by atoms with Crippen LogP contribution in [0.15, 0.2) is 29.2 Å². The molecule has 26 heavy (non-hydrogen) atoms. The first-order valence-electron chi connectivity index (χ1n) is 8.58. The molecule has 0 unspecified atom stereocenters. The van der Waals surface area contributed by atoms with E-state index in [2.05, 4.69) is 13.8 Å². The lowest BCUT2D eigenvalue weighted by molar-refractivity contribution is -0.137. The predicted molar refractivity (Wildman–Crippen MR) is 97.1 cm³/mol. The summed E-state index contributed by atoms with van der Waals surface area (Å²) in [4.78, 5) is 26.2. The molecule has 0 aromatic heterocycles. The summed E-state index contributed by atoms with van der Waals surface area (Å²) in [5, 5.41) is 0. The fraction of sp³-hybridized carbons (Fsp3) is 0.556. The lowest BCUT2D eigenvalue weighted by atomic mass is 9.92. The van der Waals surface area contributed by atoms with Crippen molar-refractivity contribution in [2.75, 3.05) is 33.8 Å². The molecule has 1 fully saturated rings. The molecule has 0 N–H and O–H groups in total. The Morgan fingerprint density at radius 1 is 1.19 bits per heavy atom. The van der Waals surface area contributed by atoms with Gasteiger partial charge in [-0.1, -0.05) is 19.9 Å². The molecular formula is C18H26N2O5S. The van der Waals surface area contributed by atoms with E-state index < -0.39 is 16.0 Å². The highest BCUT2D eigenvalue weighted by Crippen LogP contribution is 2.21. The largest absolute Gasteiger partial charge is 0.452 e. The van der Waals surface area contributed by atoms with Crippen LogP contribution in [0.5, 0.6) is 0 Å². The van der Waals surface area contributed by atoms with Gasteiger partial charge in [-0.2, -0.15) is 0 Å². The highest BCUT2D eigenvalue weighted by atomic mass is 32.2. The maximum absolute atomic E-state index is 12.3. The van der Waals surface area contributed by atoms with Crippen molar-refractivity contribution < 1.29 is 22.7 Å². The number of rotatable bonds is 5. The van der Waals surface area contributed by atoms with E-state index in [0.717, 1.165) is 10.7 Å². The van der Waals surface area contributed by atoms with E-state index >= 15 is 0 Å². The van der Waals surface area contributed by atoms with Crippen LogP contribution in [-0.4, -0.2) is 63.3 Å². The second kappa shape index (κ2) is 8.18. The average molecular weight is 382 g/mol. The highest BCUT2D eigenvalue weighted by molar-refractivity contribution is 7.89. The number of hydrogen-bond donors (Lipinski definition) is 0. The van der Waals surface area contributed by atoms with Gasteiger partial charge in [0, 0.05) is 27.2 Å². The second-order valence-corrected chi connectivity index (χ2v) is 9.29. The van der Waals surface area contributed by atoms with Crippen molar-refractivity contribution >= 4 is 21.9 Å². The number of likely N-dealkylation sites (tertiary alicyclic amines) is 1. The number of carbonyl (C=O) groups is 2. The molecule has 8 heteroatoms. The molecule has 2 rings (SSSR count). The first-order chi connectivity index (χ1) is 12.1. The van der Waals surface area contributed by atoms with Crippen LogP contribution in [0.1, 0.15) is 30.6 Å². The zero-order chi connectivity index (χ0) is 19.5. The van der Waals surface area contributed by atoms with Crippen LogP contribution >= 0.6 is 0 Å². The number of benzene rings is 1. The summed E-state index contributed by atoms with van der Waals surface area (Å²) < 4.78 is 30.5. The topological polar surface area (TPSA) is 84.0 Å². The number of amides is 1. The Kier molecular flexibility index (Phi) is 6.41. The predicted octanol–water partition coefficient (Wildman–Crippen LogP) is 1.60. The molecule has 1 aromatic rings. The molecular weight excluding hydrogens is 356 g/mol. The van der Waals surface area contributed by atoms with Crippen LogP contribution in [-0.2, 0) is 19.6 Å². The van der Waals surface area contributed by atoms with Crippen molar-refractivity contribution in [3.8, 4) is 0 Å². The SMILES string of the molecule is C[C@@H]1C[C@H](C)CN(C(=O)COC(=O)c2cccc(S(=O)(=O)N(C)C)c2)C1. The van der Waals surface area contributed by atoms with E-state index in [1.807, 2.05) is 0 Å². The summed E-state index contributed by atoms with van der Waals surface area (Å²) in [6.45, 7) is 5.18. The molecule has 1 saturated heterocycles. The summed E-state index contributed by atoms with van der Waals surface area (Å²) in [5.74, 6) is -0.0984. The fourth-order valence-electron chi connectivity index (χ4n) is 3.16. The molecule has 0 spiro atoms. The summed E-state index contributed by atoms with van der Waals surface area (Å²) in [5.41, 5.74) is 0.0982. The summed E-state index contributed by atoms with van der Waals surface area (Å²) in [6, 6.07) is 5.61. The van der Waals surface area contributed by atoms with Crippen LogP contribution in [0.4, 0.5) is 0 Å². The number of sulfonamides is 1. The second-order valence-electron chi connectivity index (χ2n) is 7.14. The zero-order valence-electron chi connectivity index (χ0n) is 15.6. The van der Waals surface area contributed by atoms with Gasteiger partial charge in [-0.3, -0.25) is 4.79 Å². The minimum atomic E-state index is -3.64. The van der Waals surface area contributed by atoms with Crippen LogP contribution < -0.4 is 0 Å². The van der Waals surface area contributed by atoms with E-state index in [9.17, 15) is 18.0 Å². The number of carbonyl (C=O) groups excluding carboxylic acids is 2. The molecule has 0 radical (unpaired) electrons. The van der Waals surface area contributed by atoms with Crippen LogP contribution in [0.3, 0.4) is 0 Å². The maximum Gasteiger partial charge on any atom is 0.338 e. The monoisotopic (exact) mass is 382 g/mol. The van der Waals surface area contributed by atoms with E-state index in [1.165, 1.54) is 38.4 Å². The Labute approximate surface area is 155 Å². The van der Waals surface area contributed by atoms with E-state index in [0.29, 0.717) is 24.9 Å². The Bertz CT molecular complexity index is 766. The summed E-state index contributed by atoms with van der Waals surface area (Å²) in [6.07, 6.45) is 1.08. The number of ether oxygens (including phenoxy) is 1. The van der Waals surface area contributed by atoms with Crippen molar-refractivity contribution in [3.05, 3.63) is 29.8 Å². The molecule has 1 amide bonds. The normalized spacial score (nSPS) is 20.9. The maximum atomic E-state index is 12.3. The van der Waals surface area contributed by atoms with Crippen LogP contribution in [0.25, 0.3) is 0 Å². The molecule has 0 saturated carbocycles. The molecule has 1 aliphatic rings. The minimum absolute atomic E-state index is 0.00181. The molecule has 144 valence electrons. The van der Waals surface area contributed by atoms with Gasteiger partial charge in [0.2, 0.25) is 10.0 Å². The first kappa shape index (κ1) is 20.4. The van der Waals surface area contributed by atoms with Crippen molar-refractivity contribution in [2.45, 2.75) is 25.2 Å². The van der Waals surface area contributed by atoms with Crippen molar-refractivity contribution in [1.82, 2.24) is 9.21 Å². The van der Waals surface area contributed by atoms with Gasteiger partial charge in [-0.05, 0) is 36.5 Å². The Hall–Kier alpha value is -1.93. The lowest BCUT2D eigenvalue weighted by Gasteiger charge is -2.34. The first-order valence-corrected chi connectivity index (χ1v) is 10.0. The molecule has 1 aromatic carbocycles. The molecule has 7 nitrogen and oxygen atoms in total. The molecule has 0 bridgehead atoms. The van der Waals surface area contributed by atoms with E-state index in [-0.39, 0.29) is 23.0 Å². The van der Waals surface area contributed by atoms with Gasteiger partial charge in [0.05, 0.1) is 10.5 Å². The molecule has 2 atom stereocenters. The van der Waals surface area contributed by atoms with Crippen molar-refractivity contribution in [3.63, 3.8) is 0 Å². The molecule has 0 aliphatic carbocycles. The Balaban J connectivity index is 2.01. The average Bonchev–Trinajstić information content (AvgIpc) is 2.58. The summed E-state index contributed by atoms with van der Waals surface area (Å²) in [7, 11) is -0.811. The molecule has 1 aliphatic heterocycles. The zero-order valence-corrected chi connectivity index (χ0v) is 16.5. The van der Waals surface area contributed by atoms with Gasteiger partial charge in [0.15, 0.2) is 6.61 Å². The van der Waals surface area contributed by atoms with Gasteiger partial charge >= 0.3 is 5.97 Å². The van der Waals surface area contributed by atoms with Gasteiger partial charge in [0.1, 0.15) is 0 Å². The number of hydrogen-bond acceptors (Lipinski definition) is 5. The van der Waals surface area contributed by atoms with Crippen molar-refractivity contribution in [1.29, 1.82) is 0 Å². The van der Waals surface area contributed by atoms with Gasteiger partial charge in [0.25, 0.3) is 5.91 Å².